The Morgan fingerprint density at radius 3 is 2.93 bits per heavy atom. The number of amides is 1. The molecule has 0 atom stereocenters. The minimum Gasteiger partial charge on any atom is -0.352 e. The van der Waals surface area contributed by atoms with Crippen LogP contribution in [0.2, 0.25) is 0 Å². The summed E-state index contributed by atoms with van der Waals surface area (Å²) in [5.74, 6) is 0.0464. The lowest BCUT2D eigenvalue weighted by Gasteiger charge is -2.06. The van der Waals surface area contributed by atoms with Gasteiger partial charge in [0.25, 0.3) is 5.91 Å². The highest BCUT2D eigenvalue weighted by Crippen LogP contribution is 2.21. The third-order valence-electron chi connectivity index (χ3n) is 2.62. The Morgan fingerprint density at radius 2 is 2.33 bits per heavy atom. The van der Waals surface area contributed by atoms with Crippen LogP contribution in [0, 0.1) is 0 Å². The average Bonchev–Trinajstić information content (AvgIpc) is 2.40. The number of nitrogens with one attached hydrogen (secondary N) is 1. The quantitative estimate of drug-likeness (QED) is 0.690. The van der Waals surface area contributed by atoms with Gasteiger partial charge in [0.15, 0.2) is 0 Å². The number of carbonyl (C=O) groups is 1. The Morgan fingerprint density at radius 1 is 1.60 bits per heavy atom. The first-order valence-corrected chi connectivity index (χ1v) is 5.52. The number of allylic oxidation sites excluding steroid dienone is 3. The molecule has 0 spiro atoms. The van der Waals surface area contributed by atoms with Gasteiger partial charge in [0.05, 0.1) is 0 Å². The fourth-order valence-electron chi connectivity index (χ4n) is 1.67. The molecule has 2 heteroatoms. The molecule has 1 aliphatic rings. The van der Waals surface area contributed by atoms with E-state index in [0.29, 0.717) is 0 Å². The topological polar surface area (TPSA) is 29.1 Å². The van der Waals surface area contributed by atoms with E-state index in [4.69, 9.17) is 0 Å². The predicted molar refractivity (Wildman–Crippen MR) is 63.5 cm³/mol. The second-order valence-corrected chi connectivity index (χ2v) is 3.74. The van der Waals surface area contributed by atoms with Gasteiger partial charge in [-0.1, -0.05) is 31.2 Å². The molecule has 0 aromatic rings. The zero-order valence-corrected chi connectivity index (χ0v) is 9.60. The highest BCUT2D eigenvalue weighted by atomic mass is 16.1. The Kier molecular flexibility index (Phi) is 4.35. The van der Waals surface area contributed by atoms with Gasteiger partial charge in [0.1, 0.15) is 0 Å². The SMILES string of the molecule is C=C(/C=C1/CCCNC(=O)/C1=C/C)CC. The highest BCUT2D eigenvalue weighted by molar-refractivity contribution is 5.98. The van der Waals surface area contributed by atoms with Gasteiger partial charge in [-0.05, 0) is 31.8 Å². The van der Waals surface area contributed by atoms with Gasteiger partial charge in [-0.15, -0.1) is 0 Å². The first kappa shape index (κ1) is 11.8. The Labute approximate surface area is 91.8 Å². The smallest absolute Gasteiger partial charge is 0.251 e. The molecule has 0 aromatic heterocycles. The van der Waals surface area contributed by atoms with E-state index in [1.54, 1.807) is 0 Å². The first-order valence-electron chi connectivity index (χ1n) is 5.52. The van der Waals surface area contributed by atoms with Crippen molar-refractivity contribution >= 4 is 5.91 Å². The average molecular weight is 205 g/mol. The maximum Gasteiger partial charge on any atom is 0.251 e. The zero-order chi connectivity index (χ0) is 11.3. The van der Waals surface area contributed by atoms with E-state index in [-0.39, 0.29) is 5.91 Å². The molecule has 0 radical (unpaired) electrons. The predicted octanol–water partition coefficient (Wildman–Crippen LogP) is 2.74. The lowest BCUT2D eigenvalue weighted by Crippen LogP contribution is -2.23. The summed E-state index contributed by atoms with van der Waals surface area (Å²) in [5, 5.41) is 2.89. The molecule has 0 aromatic carbocycles. The Hall–Kier alpha value is -1.31. The van der Waals surface area contributed by atoms with Crippen LogP contribution in [0.15, 0.2) is 35.5 Å². The first-order chi connectivity index (χ1) is 7.19. The van der Waals surface area contributed by atoms with Crippen LogP contribution in [0.4, 0.5) is 0 Å². The van der Waals surface area contributed by atoms with E-state index >= 15 is 0 Å². The van der Waals surface area contributed by atoms with Gasteiger partial charge >= 0.3 is 0 Å². The molecule has 1 aliphatic heterocycles. The van der Waals surface area contributed by atoms with Crippen molar-refractivity contribution in [3.8, 4) is 0 Å². The second kappa shape index (κ2) is 5.54. The van der Waals surface area contributed by atoms with Crippen LogP contribution in [0.1, 0.15) is 33.1 Å². The maximum atomic E-state index is 11.7. The van der Waals surface area contributed by atoms with E-state index in [1.807, 2.05) is 13.0 Å². The lowest BCUT2D eigenvalue weighted by molar-refractivity contribution is -0.117. The molecule has 1 rings (SSSR count). The van der Waals surface area contributed by atoms with Crippen molar-refractivity contribution in [2.24, 2.45) is 0 Å². The monoisotopic (exact) mass is 205 g/mol. The normalized spacial score (nSPS) is 22.7. The van der Waals surface area contributed by atoms with E-state index in [1.165, 1.54) is 0 Å². The van der Waals surface area contributed by atoms with Gasteiger partial charge in [-0.2, -0.15) is 0 Å². The minimum atomic E-state index is 0.0464. The molecule has 1 N–H and O–H groups in total. The van der Waals surface area contributed by atoms with Crippen molar-refractivity contribution in [2.75, 3.05) is 6.54 Å². The second-order valence-electron chi connectivity index (χ2n) is 3.74. The largest absolute Gasteiger partial charge is 0.352 e. The van der Waals surface area contributed by atoms with Crippen molar-refractivity contribution < 1.29 is 4.79 Å². The molecule has 1 amide bonds. The van der Waals surface area contributed by atoms with Crippen LogP contribution >= 0.6 is 0 Å². The molecule has 1 heterocycles. The third kappa shape index (κ3) is 3.08. The van der Waals surface area contributed by atoms with Crippen LogP contribution < -0.4 is 5.32 Å². The van der Waals surface area contributed by atoms with Crippen molar-refractivity contribution in [1.82, 2.24) is 5.32 Å². The van der Waals surface area contributed by atoms with Gasteiger partial charge in [-0.3, -0.25) is 4.79 Å². The van der Waals surface area contributed by atoms with Gasteiger partial charge in [0.2, 0.25) is 0 Å². The number of rotatable bonds is 2. The molecule has 2 nitrogen and oxygen atoms in total. The van der Waals surface area contributed by atoms with E-state index in [9.17, 15) is 4.79 Å². The van der Waals surface area contributed by atoms with E-state index < -0.39 is 0 Å². The fraction of sp³-hybridized carbons (Fsp3) is 0.462. The summed E-state index contributed by atoms with van der Waals surface area (Å²) < 4.78 is 0. The molecule has 82 valence electrons. The summed E-state index contributed by atoms with van der Waals surface area (Å²) in [6, 6.07) is 0. The summed E-state index contributed by atoms with van der Waals surface area (Å²) in [7, 11) is 0. The Bertz CT molecular complexity index is 323. The number of carbonyl (C=O) groups excluding carboxylic acids is 1. The lowest BCUT2D eigenvalue weighted by atomic mass is 9.99. The molecular formula is C13H19NO. The van der Waals surface area contributed by atoms with Crippen LogP contribution in [0.5, 0.6) is 0 Å². The van der Waals surface area contributed by atoms with E-state index in [2.05, 4.69) is 24.9 Å². The van der Waals surface area contributed by atoms with Gasteiger partial charge in [0, 0.05) is 12.1 Å². The van der Waals surface area contributed by atoms with Gasteiger partial charge < -0.3 is 5.32 Å². The van der Waals surface area contributed by atoms with Crippen LogP contribution in [-0.2, 0) is 4.79 Å². The minimum absolute atomic E-state index is 0.0464. The molecule has 0 aliphatic carbocycles. The summed E-state index contributed by atoms with van der Waals surface area (Å²) in [5.41, 5.74) is 3.01. The molecular weight excluding hydrogens is 186 g/mol. The van der Waals surface area contributed by atoms with Crippen molar-refractivity contribution in [2.45, 2.75) is 33.1 Å². The van der Waals surface area contributed by atoms with Crippen LogP contribution in [0.25, 0.3) is 0 Å². The van der Waals surface area contributed by atoms with Crippen molar-refractivity contribution in [3.05, 3.63) is 35.5 Å². The molecule has 0 bridgehead atoms. The molecule has 15 heavy (non-hydrogen) atoms. The molecule has 1 fully saturated rings. The molecule has 0 unspecified atom stereocenters. The maximum absolute atomic E-state index is 11.7. The number of hydrogen-bond acceptors (Lipinski definition) is 1. The fourth-order valence-corrected chi connectivity index (χ4v) is 1.67. The van der Waals surface area contributed by atoms with Gasteiger partial charge in [-0.25, -0.2) is 0 Å². The summed E-state index contributed by atoms with van der Waals surface area (Å²) in [4.78, 5) is 11.7. The summed E-state index contributed by atoms with van der Waals surface area (Å²) >= 11 is 0. The summed E-state index contributed by atoms with van der Waals surface area (Å²) in [6.07, 6.45) is 6.83. The van der Waals surface area contributed by atoms with E-state index in [0.717, 1.165) is 42.5 Å². The van der Waals surface area contributed by atoms with Crippen LogP contribution in [0.3, 0.4) is 0 Å². The Balaban J connectivity index is 2.97. The zero-order valence-electron chi connectivity index (χ0n) is 9.60. The summed E-state index contributed by atoms with van der Waals surface area (Å²) in [6.45, 7) is 8.71. The molecule has 0 saturated carbocycles. The standard InChI is InChI=1S/C13H19NO/c1-4-10(3)9-11-7-6-8-14-13(15)12(11)5-2/h5,9H,3-4,6-8H2,1-2H3,(H,14,15)/b11-9-,12-5+. The van der Waals surface area contributed by atoms with Crippen molar-refractivity contribution in [1.29, 1.82) is 0 Å². The highest BCUT2D eigenvalue weighted by Gasteiger charge is 2.16. The number of hydrogen-bond donors (Lipinski definition) is 1. The molecule has 1 saturated heterocycles. The van der Waals surface area contributed by atoms with Crippen molar-refractivity contribution in [3.63, 3.8) is 0 Å². The third-order valence-corrected chi connectivity index (χ3v) is 2.62. The van der Waals surface area contributed by atoms with Crippen LogP contribution in [-0.4, -0.2) is 12.5 Å².